The Morgan fingerprint density at radius 3 is 1.93 bits per heavy atom. The highest BCUT2D eigenvalue weighted by Gasteiger charge is 2.14. The Morgan fingerprint density at radius 1 is 0.786 bits per heavy atom. The number of thiophene rings is 1. The van der Waals surface area contributed by atoms with E-state index in [0.29, 0.717) is 0 Å². The molecule has 1 nitrogen and oxygen atoms in total. The molecule has 4 aromatic rings. The first-order valence-corrected chi connectivity index (χ1v) is 5.37. The molecule has 0 unspecified atom stereocenters. The maximum Gasteiger partial charge on any atom is 0.136 e. The zero-order valence-corrected chi connectivity index (χ0v) is 8.10. The van der Waals surface area contributed by atoms with Gasteiger partial charge in [-0.05, 0) is 24.3 Å². The molecule has 66 valence electrons. The minimum absolute atomic E-state index is 1.01. The van der Waals surface area contributed by atoms with Crippen LogP contribution in [0.2, 0.25) is 0 Å². The van der Waals surface area contributed by atoms with Gasteiger partial charge in [-0.3, -0.25) is 0 Å². The molecule has 0 saturated heterocycles. The van der Waals surface area contributed by atoms with E-state index in [1.165, 1.54) is 20.2 Å². The number of hydrogen-bond donors (Lipinski definition) is 0. The van der Waals surface area contributed by atoms with Crippen molar-refractivity contribution in [1.82, 2.24) is 0 Å². The quantitative estimate of drug-likeness (QED) is 0.412. The van der Waals surface area contributed by atoms with E-state index >= 15 is 0 Å². The fourth-order valence-electron chi connectivity index (χ4n) is 2.09. The molecular weight excluding hydrogens is 192 g/mol. The van der Waals surface area contributed by atoms with Crippen LogP contribution in [0.25, 0.3) is 31.3 Å². The Kier molecular flexibility index (Phi) is 1.02. The fourth-order valence-corrected chi connectivity index (χ4v) is 3.23. The summed E-state index contributed by atoms with van der Waals surface area (Å²) in [5, 5.41) is 2.59. The first kappa shape index (κ1) is 6.85. The van der Waals surface area contributed by atoms with E-state index in [1.54, 1.807) is 0 Å². The van der Waals surface area contributed by atoms with Crippen molar-refractivity contribution in [3.8, 4) is 0 Å². The van der Waals surface area contributed by atoms with E-state index in [0.717, 1.165) is 11.2 Å². The summed E-state index contributed by atoms with van der Waals surface area (Å²) in [6.07, 6.45) is 0. The van der Waals surface area contributed by atoms with Gasteiger partial charge >= 0.3 is 0 Å². The molecule has 0 saturated carbocycles. The Morgan fingerprint density at radius 2 is 1.36 bits per heavy atom. The molecule has 2 heteroatoms. The Bertz CT molecular complexity index is 616. The van der Waals surface area contributed by atoms with E-state index < -0.39 is 0 Å². The average molecular weight is 198 g/mol. The number of benzene rings is 2. The van der Waals surface area contributed by atoms with Gasteiger partial charge in [0.1, 0.15) is 11.2 Å². The van der Waals surface area contributed by atoms with E-state index in [1.807, 2.05) is 23.5 Å². The zero-order valence-electron chi connectivity index (χ0n) is 7.28. The maximum atomic E-state index is 5.76. The van der Waals surface area contributed by atoms with Crippen molar-refractivity contribution < 1.29 is 4.42 Å². The van der Waals surface area contributed by atoms with Gasteiger partial charge in [0.05, 0.1) is 0 Å². The van der Waals surface area contributed by atoms with Gasteiger partial charge in [-0.1, -0.05) is 12.1 Å². The highest BCUT2D eigenvalue weighted by molar-refractivity contribution is 7.26. The monoisotopic (exact) mass is 198 g/mol. The third kappa shape index (κ3) is 0.633. The second-order valence-corrected chi connectivity index (χ2v) is 4.55. The van der Waals surface area contributed by atoms with Crippen molar-refractivity contribution in [1.29, 1.82) is 0 Å². The van der Waals surface area contributed by atoms with Crippen LogP contribution in [0.3, 0.4) is 0 Å². The smallest absolute Gasteiger partial charge is 0.136 e. The molecule has 4 rings (SSSR count). The molecule has 0 N–H and O–H groups in total. The van der Waals surface area contributed by atoms with Crippen LogP contribution in [0.5, 0.6) is 0 Å². The maximum absolute atomic E-state index is 5.76. The summed E-state index contributed by atoms with van der Waals surface area (Å²) < 4.78 is 8.40. The molecule has 0 radical (unpaired) electrons. The summed E-state index contributed by atoms with van der Waals surface area (Å²) in [5.41, 5.74) is 2.02. The lowest BCUT2D eigenvalue weighted by Crippen LogP contribution is -1.60. The molecule has 0 amide bonds. The summed E-state index contributed by atoms with van der Waals surface area (Å²) >= 11 is 1.84. The summed E-state index contributed by atoms with van der Waals surface area (Å²) in [5.74, 6) is 0. The van der Waals surface area contributed by atoms with Crippen molar-refractivity contribution in [3.63, 3.8) is 0 Å². The van der Waals surface area contributed by atoms with Crippen molar-refractivity contribution >= 4 is 42.7 Å². The van der Waals surface area contributed by atoms with Gasteiger partial charge < -0.3 is 4.42 Å². The third-order valence-electron chi connectivity index (χ3n) is 2.67. The van der Waals surface area contributed by atoms with Gasteiger partial charge in [-0.15, -0.1) is 11.3 Å². The van der Waals surface area contributed by atoms with Crippen molar-refractivity contribution in [2.45, 2.75) is 0 Å². The van der Waals surface area contributed by atoms with Gasteiger partial charge in [0.25, 0.3) is 0 Å². The largest absolute Gasteiger partial charge is 0.456 e. The Hall–Kier alpha value is -1.54. The van der Waals surface area contributed by atoms with Crippen LogP contribution >= 0.6 is 11.3 Å². The Labute approximate surface area is 83.9 Å². The van der Waals surface area contributed by atoms with Gasteiger partial charge in [0, 0.05) is 20.2 Å². The van der Waals surface area contributed by atoms with E-state index in [-0.39, 0.29) is 0 Å². The SMILES string of the molecule is c1cc2oc3cccc4sc(c1)c2c34. The first-order valence-electron chi connectivity index (χ1n) is 4.55. The third-order valence-corrected chi connectivity index (χ3v) is 3.79. The molecule has 0 atom stereocenters. The Balaban J connectivity index is 2.59. The molecule has 2 aromatic heterocycles. The second kappa shape index (κ2) is 2.10. The first-order chi connectivity index (χ1) is 6.93. The van der Waals surface area contributed by atoms with Crippen LogP contribution in [0.1, 0.15) is 0 Å². The topological polar surface area (TPSA) is 13.1 Å². The summed E-state index contributed by atoms with van der Waals surface area (Å²) in [4.78, 5) is 0. The molecule has 0 fully saturated rings. The predicted octanol–water partition coefficient (Wildman–Crippen LogP) is 4.24. The van der Waals surface area contributed by atoms with E-state index in [4.69, 9.17) is 4.42 Å². The van der Waals surface area contributed by atoms with Crippen molar-refractivity contribution in [3.05, 3.63) is 36.4 Å². The lowest BCUT2D eigenvalue weighted by atomic mass is 10.2. The van der Waals surface area contributed by atoms with Crippen LogP contribution in [0.15, 0.2) is 40.8 Å². The van der Waals surface area contributed by atoms with Gasteiger partial charge in [-0.25, -0.2) is 0 Å². The zero-order chi connectivity index (χ0) is 9.12. The summed E-state index contributed by atoms with van der Waals surface area (Å²) in [6.45, 7) is 0. The van der Waals surface area contributed by atoms with Gasteiger partial charge in [0.2, 0.25) is 0 Å². The van der Waals surface area contributed by atoms with Crippen LogP contribution in [0, 0.1) is 0 Å². The number of furan rings is 1. The molecule has 0 aliphatic carbocycles. The van der Waals surface area contributed by atoms with Crippen LogP contribution in [-0.4, -0.2) is 0 Å². The minimum Gasteiger partial charge on any atom is -0.456 e. The molecule has 2 heterocycles. The predicted molar refractivity (Wildman–Crippen MR) is 60.3 cm³/mol. The lowest BCUT2D eigenvalue weighted by molar-refractivity contribution is 0.669. The molecule has 0 aliphatic heterocycles. The lowest BCUT2D eigenvalue weighted by Gasteiger charge is -1.87. The minimum atomic E-state index is 1.01. The van der Waals surface area contributed by atoms with Crippen molar-refractivity contribution in [2.75, 3.05) is 0 Å². The average Bonchev–Trinajstić information content (AvgIpc) is 2.74. The van der Waals surface area contributed by atoms with Crippen molar-refractivity contribution in [2.24, 2.45) is 0 Å². The molecule has 14 heavy (non-hydrogen) atoms. The van der Waals surface area contributed by atoms with E-state index in [2.05, 4.69) is 24.3 Å². The highest BCUT2D eigenvalue weighted by Crippen LogP contribution is 2.41. The summed E-state index contributed by atoms with van der Waals surface area (Å²) in [6, 6.07) is 12.5. The second-order valence-electron chi connectivity index (χ2n) is 3.46. The van der Waals surface area contributed by atoms with Gasteiger partial charge in [0.15, 0.2) is 0 Å². The molecule has 0 aliphatic rings. The standard InChI is InChI=1S/C12H6OS/c1-3-7-11-9(5-1)14-10-6-2-4-8(13-7)12(10)11/h1-6H. The molecule has 0 bridgehead atoms. The van der Waals surface area contributed by atoms with E-state index in [9.17, 15) is 0 Å². The highest BCUT2D eigenvalue weighted by atomic mass is 32.1. The van der Waals surface area contributed by atoms with Crippen LogP contribution < -0.4 is 0 Å². The molecule has 2 aromatic carbocycles. The number of rotatable bonds is 0. The van der Waals surface area contributed by atoms with Gasteiger partial charge in [-0.2, -0.15) is 0 Å². The summed E-state index contributed by atoms with van der Waals surface area (Å²) in [7, 11) is 0. The number of hydrogen-bond acceptors (Lipinski definition) is 2. The molecular formula is C12H6OS. The fraction of sp³-hybridized carbons (Fsp3) is 0. The molecule has 0 spiro atoms. The van der Waals surface area contributed by atoms with Crippen LogP contribution in [0.4, 0.5) is 0 Å². The van der Waals surface area contributed by atoms with Crippen LogP contribution in [-0.2, 0) is 0 Å². The normalized spacial score (nSPS) is 12.3.